The molecule has 0 heterocycles. The van der Waals surface area contributed by atoms with Gasteiger partial charge in [0.25, 0.3) is 10.0 Å². The molecule has 2 aromatic carbocycles. The zero-order valence-corrected chi connectivity index (χ0v) is 13.5. The molecule has 0 bridgehead atoms. The third kappa shape index (κ3) is 3.87. The largest absolute Gasteiger partial charge is 0.468 e. The van der Waals surface area contributed by atoms with Gasteiger partial charge in [0, 0.05) is 0 Å². The Morgan fingerprint density at radius 1 is 1.17 bits per heavy atom. The van der Waals surface area contributed by atoms with Crippen LogP contribution in [-0.2, 0) is 19.6 Å². The first-order valence-corrected chi connectivity index (χ1v) is 8.20. The average molecular weight is 337 g/mol. The molecule has 122 valence electrons. The minimum atomic E-state index is -4.03. The number of methoxy groups -OCH3 is 1. The summed E-state index contributed by atoms with van der Waals surface area (Å²) in [6.07, 6.45) is 0. The van der Waals surface area contributed by atoms with Crippen molar-refractivity contribution in [1.29, 1.82) is 0 Å². The van der Waals surface area contributed by atoms with Crippen LogP contribution in [0.4, 0.5) is 10.1 Å². The summed E-state index contributed by atoms with van der Waals surface area (Å²) in [6.45, 7) is 1.34. The van der Waals surface area contributed by atoms with E-state index in [2.05, 4.69) is 4.74 Å². The Balaban J connectivity index is 2.51. The van der Waals surface area contributed by atoms with Crippen LogP contribution in [0.1, 0.15) is 5.56 Å². The number of carbonyl (C=O) groups excluding carboxylic acids is 1. The van der Waals surface area contributed by atoms with Gasteiger partial charge in [0.15, 0.2) is 0 Å². The fourth-order valence-corrected chi connectivity index (χ4v) is 3.41. The molecule has 0 amide bonds. The van der Waals surface area contributed by atoms with Crippen LogP contribution in [0.25, 0.3) is 0 Å². The van der Waals surface area contributed by atoms with Crippen LogP contribution in [0.3, 0.4) is 0 Å². The SMILES string of the molecule is COC(=O)CN(c1cccc(C)c1)S(=O)(=O)c1ccc(F)cc1. The monoisotopic (exact) mass is 337 g/mol. The molecule has 2 aromatic rings. The zero-order valence-electron chi connectivity index (χ0n) is 12.7. The van der Waals surface area contributed by atoms with Crippen molar-refractivity contribution in [2.24, 2.45) is 0 Å². The molecule has 0 saturated carbocycles. The second-order valence-electron chi connectivity index (χ2n) is 4.88. The molecular formula is C16H16FNO4S. The molecule has 0 aromatic heterocycles. The molecular weight excluding hydrogens is 321 g/mol. The summed E-state index contributed by atoms with van der Waals surface area (Å²) in [7, 11) is -2.85. The molecule has 0 aliphatic carbocycles. The first kappa shape index (κ1) is 17.0. The van der Waals surface area contributed by atoms with Crippen molar-refractivity contribution in [3.8, 4) is 0 Å². The van der Waals surface area contributed by atoms with Crippen LogP contribution in [0.2, 0.25) is 0 Å². The lowest BCUT2D eigenvalue weighted by Gasteiger charge is -2.23. The molecule has 2 rings (SSSR count). The maximum atomic E-state index is 13.0. The Labute approximate surface area is 134 Å². The Hall–Kier alpha value is -2.41. The lowest BCUT2D eigenvalue weighted by molar-refractivity contribution is -0.138. The van der Waals surface area contributed by atoms with Crippen LogP contribution in [-0.4, -0.2) is 28.0 Å². The van der Waals surface area contributed by atoms with Crippen molar-refractivity contribution in [3.05, 3.63) is 59.9 Å². The van der Waals surface area contributed by atoms with Gasteiger partial charge in [-0.25, -0.2) is 12.8 Å². The number of nitrogens with zero attached hydrogens (tertiary/aromatic N) is 1. The van der Waals surface area contributed by atoms with E-state index in [1.165, 1.54) is 7.11 Å². The quantitative estimate of drug-likeness (QED) is 0.787. The van der Waals surface area contributed by atoms with Gasteiger partial charge < -0.3 is 4.74 Å². The maximum absolute atomic E-state index is 13.0. The van der Waals surface area contributed by atoms with Crippen molar-refractivity contribution < 1.29 is 22.3 Å². The predicted octanol–water partition coefficient (Wildman–Crippen LogP) is 2.50. The third-order valence-electron chi connectivity index (χ3n) is 3.19. The van der Waals surface area contributed by atoms with E-state index >= 15 is 0 Å². The van der Waals surface area contributed by atoms with Crippen LogP contribution < -0.4 is 4.31 Å². The van der Waals surface area contributed by atoms with E-state index in [9.17, 15) is 17.6 Å². The topological polar surface area (TPSA) is 63.7 Å². The molecule has 0 atom stereocenters. The fourth-order valence-electron chi connectivity index (χ4n) is 2.01. The molecule has 0 saturated heterocycles. The number of sulfonamides is 1. The zero-order chi connectivity index (χ0) is 17.0. The van der Waals surface area contributed by atoms with E-state index in [-0.39, 0.29) is 4.90 Å². The number of ether oxygens (including phenoxy) is 1. The number of aryl methyl sites for hydroxylation is 1. The third-order valence-corrected chi connectivity index (χ3v) is 4.98. The van der Waals surface area contributed by atoms with E-state index in [1.807, 2.05) is 13.0 Å². The highest BCUT2D eigenvalue weighted by Crippen LogP contribution is 2.24. The van der Waals surface area contributed by atoms with Gasteiger partial charge in [0.05, 0.1) is 17.7 Å². The molecule has 0 unspecified atom stereocenters. The van der Waals surface area contributed by atoms with Crippen molar-refractivity contribution in [2.75, 3.05) is 18.0 Å². The van der Waals surface area contributed by atoms with E-state index in [0.717, 1.165) is 34.1 Å². The van der Waals surface area contributed by atoms with Gasteiger partial charge in [-0.2, -0.15) is 0 Å². The molecule has 0 spiro atoms. The average Bonchev–Trinajstić information content (AvgIpc) is 2.52. The van der Waals surface area contributed by atoms with Gasteiger partial charge >= 0.3 is 5.97 Å². The number of hydrogen-bond acceptors (Lipinski definition) is 4. The number of anilines is 1. The molecule has 5 nitrogen and oxygen atoms in total. The number of halogens is 1. The minimum absolute atomic E-state index is 0.107. The van der Waals surface area contributed by atoms with E-state index in [1.54, 1.807) is 18.2 Å². The van der Waals surface area contributed by atoms with Crippen molar-refractivity contribution in [3.63, 3.8) is 0 Å². The van der Waals surface area contributed by atoms with Gasteiger partial charge in [0.1, 0.15) is 12.4 Å². The lowest BCUT2D eigenvalue weighted by Crippen LogP contribution is -2.36. The van der Waals surface area contributed by atoms with Crippen LogP contribution in [0.5, 0.6) is 0 Å². The van der Waals surface area contributed by atoms with Gasteiger partial charge in [-0.15, -0.1) is 0 Å². The second kappa shape index (κ2) is 6.78. The Bertz CT molecular complexity index is 803. The van der Waals surface area contributed by atoms with E-state index < -0.39 is 28.4 Å². The molecule has 0 radical (unpaired) electrons. The highest BCUT2D eigenvalue weighted by Gasteiger charge is 2.27. The maximum Gasteiger partial charge on any atom is 0.326 e. The summed E-state index contributed by atoms with van der Waals surface area (Å²) in [6, 6.07) is 11.1. The lowest BCUT2D eigenvalue weighted by atomic mass is 10.2. The number of rotatable bonds is 5. The Morgan fingerprint density at radius 3 is 2.39 bits per heavy atom. The van der Waals surface area contributed by atoms with E-state index in [0.29, 0.717) is 5.69 Å². The summed E-state index contributed by atoms with van der Waals surface area (Å²) < 4.78 is 44.2. The molecule has 0 N–H and O–H groups in total. The Kier molecular flexibility index (Phi) is 5.00. The highest BCUT2D eigenvalue weighted by atomic mass is 32.2. The molecule has 23 heavy (non-hydrogen) atoms. The van der Waals surface area contributed by atoms with Crippen molar-refractivity contribution >= 4 is 21.7 Å². The standard InChI is InChI=1S/C16H16FNO4S/c1-12-4-3-5-14(10-12)18(11-16(19)22-2)23(20,21)15-8-6-13(17)7-9-15/h3-10H,11H2,1-2H3. The van der Waals surface area contributed by atoms with Crippen LogP contribution >= 0.6 is 0 Å². The normalized spacial score (nSPS) is 11.1. The van der Waals surface area contributed by atoms with E-state index in [4.69, 9.17) is 0 Å². The molecule has 0 aliphatic heterocycles. The smallest absolute Gasteiger partial charge is 0.326 e. The predicted molar refractivity (Wildman–Crippen MR) is 84.1 cm³/mol. The van der Waals surface area contributed by atoms with Gasteiger partial charge in [0.2, 0.25) is 0 Å². The number of hydrogen-bond donors (Lipinski definition) is 0. The van der Waals surface area contributed by atoms with Crippen molar-refractivity contribution in [1.82, 2.24) is 0 Å². The summed E-state index contributed by atoms with van der Waals surface area (Å²) in [5.41, 5.74) is 1.17. The fraction of sp³-hybridized carbons (Fsp3) is 0.188. The second-order valence-corrected chi connectivity index (χ2v) is 6.74. The first-order chi connectivity index (χ1) is 10.8. The molecule has 0 aliphatic rings. The van der Waals surface area contributed by atoms with Gasteiger partial charge in [-0.05, 0) is 48.9 Å². The Morgan fingerprint density at radius 2 is 1.83 bits per heavy atom. The van der Waals surface area contributed by atoms with Crippen LogP contribution in [0, 0.1) is 12.7 Å². The number of benzene rings is 2. The van der Waals surface area contributed by atoms with Crippen molar-refractivity contribution in [2.45, 2.75) is 11.8 Å². The molecule has 0 fully saturated rings. The first-order valence-electron chi connectivity index (χ1n) is 6.76. The number of esters is 1. The van der Waals surface area contributed by atoms with Gasteiger partial charge in [-0.3, -0.25) is 9.10 Å². The summed E-state index contributed by atoms with van der Waals surface area (Å²) in [5, 5.41) is 0. The summed E-state index contributed by atoms with van der Waals surface area (Å²) in [5.74, 6) is -1.24. The summed E-state index contributed by atoms with van der Waals surface area (Å²) >= 11 is 0. The minimum Gasteiger partial charge on any atom is -0.468 e. The highest BCUT2D eigenvalue weighted by molar-refractivity contribution is 7.92. The van der Waals surface area contributed by atoms with Crippen LogP contribution in [0.15, 0.2) is 53.4 Å². The summed E-state index contributed by atoms with van der Waals surface area (Å²) in [4.78, 5) is 11.5. The van der Waals surface area contributed by atoms with Gasteiger partial charge in [-0.1, -0.05) is 12.1 Å². The molecule has 7 heteroatoms. The number of carbonyl (C=O) groups is 1.